The van der Waals surface area contributed by atoms with E-state index in [1.165, 1.54) is 4.90 Å². The highest BCUT2D eigenvalue weighted by Gasteiger charge is 2.06. The molecule has 20 heavy (non-hydrogen) atoms. The maximum atomic E-state index is 11.5. The van der Waals surface area contributed by atoms with Gasteiger partial charge in [-0.1, -0.05) is 0 Å². The maximum absolute atomic E-state index is 11.5. The van der Waals surface area contributed by atoms with E-state index in [2.05, 4.69) is 26.1 Å². The van der Waals surface area contributed by atoms with Gasteiger partial charge in [-0.15, -0.1) is 10.2 Å². The highest BCUT2D eigenvalue weighted by molar-refractivity contribution is 5.92. The van der Waals surface area contributed by atoms with Gasteiger partial charge in [-0.2, -0.15) is 0 Å². The second kappa shape index (κ2) is 7.93. The minimum absolute atomic E-state index is 0.149. The van der Waals surface area contributed by atoms with Crippen LogP contribution in [-0.2, 0) is 0 Å². The Balaban J connectivity index is 2.35. The lowest BCUT2D eigenvalue weighted by molar-refractivity contribution is 0.0950. The average molecular weight is 280 g/mol. The largest absolute Gasteiger partial charge is 0.367 e. The van der Waals surface area contributed by atoms with E-state index in [1.807, 2.05) is 6.92 Å². The molecule has 0 saturated heterocycles. The number of aromatic nitrogens is 2. The van der Waals surface area contributed by atoms with Crippen molar-refractivity contribution in [2.45, 2.75) is 6.92 Å². The minimum atomic E-state index is -0.246. The summed E-state index contributed by atoms with van der Waals surface area (Å²) in [5.41, 5.74) is 0.276. The third-order valence-electron chi connectivity index (χ3n) is 2.35. The Kier molecular flexibility index (Phi) is 6.21. The third kappa shape index (κ3) is 5.09. The fourth-order valence-corrected chi connectivity index (χ4v) is 1.32. The standard InChI is InChI=1S/C12H20N6O2/c1-4-13-11(19)9-5-6-10(17-16-9)14-7-8-15-12(20)18(2)3/h5-6H,4,7-8H2,1-3H3,(H,13,19)(H,14,17)(H,15,20). The number of urea groups is 1. The summed E-state index contributed by atoms with van der Waals surface area (Å²) in [5.74, 6) is 0.307. The summed E-state index contributed by atoms with van der Waals surface area (Å²) >= 11 is 0. The Morgan fingerprint density at radius 3 is 2.45 bits per heavy atom. The Labute approximate surface area is 117 Å². The van der Waals surface area contributed by atoms with Gasteiger partial charge >= 0.3 is 6.03 Å². The van der Waals surface area contributed by atoms with E-state index in [0.29, 0.717) is 25.5 Å². The SMILES string of the molecule is CCNC(=O)c1ccc(NCCNC(=O)N(C)C)nn1. The summed E-state index contributed by atoms with van der Waals surface area (Å²) in [6.45, 7) is 3.38. The first-order valence-electron chi connectivity index (χ1n) is 6.35. The zero-order chi connectivity index (χ0) is 15.0. The monoisotopic (exact) mass is 280 g/mol. The number of rotatable bonds is 6. The summed E-state index contributed by atoms with van der Waals surface area (Å²) in [5, 5.41) is 16.1. The molecule has 110 valence electrons. The summed E-state index contributed by atoms with van der Waals surface area (Å²) in [7, 11) is 3.35. The van der Waals surface area contributed by atoms with Crippen LogP contribution in [0.4, 0.5) is 10.6 Å². The summed E-state index contributed by atoms with van der Waals surface area (Å²) < 4.78 is 0. The molecule has 0 aliphatic heterocycles. The highest BCUT2D eigenvalue weighted by Crippen LogP contribution is 2.01. The van der Waals surface area contributed by atoms with Gasteiger partial charge < -0.3 is 20.9 Å². The molecule has 3 N–H and O–H groups in total. The van der Waals surface area contributed by atoms with E-state index in [1.54, 1.807) is 26.2 Å². The molecule has 3 amide bonds. The van der Waals surface area contributed by atoms with Crippen LogP contribution < -0.4 is 16.0 Å². The van der Waals surface area contributed by atoms with Crippen LogP contribution in [0, 0.1) is 0 Å². The number of hydrogen-bond acceptors (Lipinski definition) is 5. The summed E-state index contributed by atoms with van der Waals surface area (Å²) in [4.78, 5) is 24.2. The lowest BCUT2D eigenvalue weighted by Crippen LogP contribution is -2.37. The van der Waals surface area contributed by atoms with Crippen LogP contribution >= 0.6 is 0 Å². The van der Waals surface area contributed by atoms with E-state index in [-0.39, 0.29) is 17.6 Å². The number of hydrogen-bond donors (Lipinski definition) is 3. The first-order valence-corrected chi connectivity index (χ1v) is 6.35. The first-order chi connectivity index (χ1) is 9.54. The van der Waals surface area contributed by atoms with Crippen LogP contribution in [-0.4, -0.2) is 60.8 Å². The molecule has 0 radical (unpaired) electrons. The van der Waals surface area contributed by atoms with Crippen molar-refractivity contribution >= 4 is 17.8 Å². The Morgan fingerprint density at radius 2 is 1.90 bits per heavy atom. The molecule has 0 spiro atoms. The second-order valence-corrected chi connectivity index (χ2v) is 4.22. The van der Waals surface area contributed by atoms with Gasteiger partial charge in [0.05, 0.1) is 0 Å². The molecular formula is C12H20N6O2. The number of carbonyl (C=O) groups is 2. The average Bonchev–Trinajstić information content (AvgIpc) is 2.44. The Morgan fingerprint density at radius 1 is 1.15 bits per heavy atom. The molecule has 8 heteroatoms. The first kappa shape index (κ1) is 15.7. The Bertz CT molecular complexity index is 446. The molecular weight excluding hydrogens is 260 g/mol. The van der Waals surface area contributed by atoms with Crippen LogP contribution in [0.25, 0.3) is 0 Å². The van der Waals surface area contributed by atoms with Crippen LogP contribution in [0.5, 0.6) is 0 Å². The van der Waals surface area contributed by atoms with Gasteiger partial charge in [0.2, 0.25) is 0 Å². The fraction of sp³-hybridized carbons (Fsp3) is 0.500. The molecule has 1 aromatic rings. The topological polar surface area (TPSA) is 99.2 Å². The van der Waals surface area contributed by atoms with Crippen LogP contribution in [0.1, 0.15) is 17.4 Å². The zero-order valence-corrected chi connectivity index (χ0v) is 11.9. The van der Waals surface area contributed by atoms with Crippen LogP contribution in [0.3, 0.4) is 0 Å². The van der Waals surface area contributed by atoms with Gasteiger partial charge in [0.25, 0.3) is 5.91 Å². The number of nitrogens with one attached hydrogen (secondary N) is 3. The quantitative estimate of drug-likeness (QED) is 0.632. The van der Waals surface area contributed by atoms with E-state index in [0.717, 1.165) is 0 Å². The smallest absolute Gasteiger partial charge is 0.316 e. The third-order valence-corrected chi connectivity index (χ3v) is 2.35. The van der Waals surface area contributed by atoms with Crippen molar-refractivity contribution in [1.82, 2.24) is 25.7 Å². The van der Waals surface area contributed by atoms with Crippen molar-refractivity contribution in [1.29, 1.82) is 0 Å². The molecule has 0 unspecified atom stereocenters. The molecule has 0 saturated carbocycles. The lowest BCUT2D eigenvalue weighted by atomic mass is 10.3. The number of amides is 3. The van der Waals surface area contributed by atoms with Gasteiger partial charge in [0.1, 0.15) is 5.82 Å². The van der Waals surface area contributed by atoms with Gasteiger partial charge in [0, 0.05) is 33.7 Å². The maximum Gasteiger partial charge on any atom is 0.316 e. The normalized spacial score (nSPS) is 9.75. The van der Waals surface area contributed by atoms with Crippen molar-refractivity contribution in [3.63, 3.8) is 0 Å². The molecule has 1 heterocycles. The number of anilines is 1. The predicted molar refractivity (Wildman–Crippen MR) is 75.6 cm³/mol. The number of nitrogens with zero attached hydrogens (tertiary/aromatic N) is 3. The van der Waals surface area contributed by atoms with Crippen molar-refractivity contribution in [2.75, 3.05) is 39.0 Å². The highest BCUT2D eigenvalue weighted by atomic mass is 16.2. The lowest BCUT2D eigenvalue weighted by Gasteiger charge is -2.12. The van der Waals surface area contributed by atoms with Crippen molar-refractivity contribution in [3.05, 3.63) is 17.8 Å². The molecule has 0 atom stereocenters. The fourth-order valence-electron chi connectivity index (χ4n) is 1.32. The molecule has 0 fully saturated rings. The van der Waals surface area contributed by atoms with Crippen molar-refractivity contribution < 1.29 is 9.59 Å². The molecule has 0 aromatic carbocycles. The molecule has 8 nitrogen and oxygen atoms in total. The van der Waals surface area contributed by atoms with E-state index in [9.17, 15) is 9.59 Å². The van der Waals surface area contributed by atoms with Crippen LogP contribution in [0.2, 0.25) is 0 Å². The van der Waals surface area contributed by atoms with Gasteiger partial charge in [-0.3, -0.25) is 4.79 Å². The van der Waals surface area contributed by atoms with E-state index >= 15 is 0 Å². The Hall–Kier alpha value is -2.38. The van der Waals surface area contributed by atoms with E-state index < -0.39 is 0 Å². The minimum Gasteiger partial charge on any atom is -0.367 e. The van der Waals surface area contributed by atoms with Crippen molar-refractivity contribution in [3.8, 4) is 0 Å². The molecule has 0 aliphatic carbocycles. The van der Waals surface area contributed by atoms with Crippen molar-refractivity contribution in [2.24, 2.45) is 0 Å². The van der Waals surface area contributed by atoms with Gasteiger partial charge in [-0.05, 0) is 19.1 Å². The molecule has 0 bridgehead atoms. The predicted octanol–water partition coefficient (Wildman–Crippen LogP) is -0.0906. The zero-order valence-electron chi connectivity index (χ0n) is 11.9. The van der Waals surface area contributed by atoms with Gasteiger partial charge in [0.15, 0.2) is 5.69 Å². The molecule has 1 aromatic heterocycles. The summed E-state index contributed by atoms with van der Waals surface area (Å²) in [6.07, 6.45) is 0. The number of carbonyl (C=O) groups excluding carboxylic acids is 2. The summed E-state index contributed by atoms with van der Waals surface area (Å²) in [6, 6.07) is 3.12. The second-order valence-electron chi connectivity index (χ2n) is 4.22. The van der Waals surface area contributed by atoms with Gasteiger partial charge in [-0.25, -0.2) is 4.79 Å². The van der Waals surface area contributed by atoms with Crippen LogP contribution in [0.15, 0.2) is 12.1 Å². The molecule has 1 rings (SSSR count). The van der Waals surface area contributed by atoms with E-state index in [4.69, 9.17) is 0 Å². The molecule has 0 aliphatic rings.